The van der Waals surface area contributed by atoms with Crippen LogP contribution in [0.3, 0.4) is 0 Å². The summed E-state index contributed by atoms with van der Waals surface area (Å²) in [6, 6.07) is 8.06. The fourth-order valence-corrected chi connectivity index (χ4v) is 3.34. The Kier molecular flexibility index (Phi) is 7.04. The summed E-state index contributed by atoms with van der Waals surface area (Å²) in [5.41, 5.74) is 1.25. The predicted octanol–water partition coefficient (Wildman–Crippen LogP) is 1.69. The van der Waals surface area contributed by atoms with E-state index in [0.29, 0.717) is 32.5 Å². The van der Waals surface area contributed by atoms with Crippen LogP contribution in [0, 0.1) is 0 Å². The number of nitrogens with zero attached hydrogens (tertiary/aromatic N) is 2. The van der Waals surface area contributed by atoms with Crippen molar-refractivity contribution < 1.29 is 19.0 Å². The Morgan fingerprint density at radius 3 is 2.44 bits per heavy atom. The van der Waals surface area contributed by atoms with Gasteiger partial charge in [0.2, 0.25) is 0 Å². The van der Waals surface area contributed by atoms with E-state index in [1.165, 1.54) is 5.56 Å². The zero-order valence-corrected chi connectivity index (χ0v) is 14.8. The Bertz CT molecular complexity index is 500. The van der Waals surface area contributed by atoms with Crippen molar-refractivity contribution in [1.82, 2.24) is 9.80 Å². The molecule has 5 nitrogen and oxygen atoms in total. The molecule has 2 saturated heterocycles. The van der Waals surface area contributed by atoms with Crippen LogP contribution in [0.2, 0.25) is 0 Å². The molecule has 0 aromatic heterocycles. The van der Waals surface area contributed by atoms with Gasteiger partial charge < -0.3 is 19.5 Å². The van der Waals surface area contributed by atoms with E-state index in [1.807, 2.05) is 12.1 Å². The Morgan fingerprint density at radius 2 is 1.76 bits per heavy atom. The number of hydrogen-bond acceptors (Lipinski definition) is 5. The highest BCUT2D eigenvalue weighted by molar-refractivity contribution is 5.27. The highest BCUT2D eigenvalue weighted by Gasteiger charge is 2.20. The largest absolute Gasteiger partial charge is 0.491 e. The summed E-state index contributed by atoms with van der Waals surface area (Å²) in [4.78, 5) is 4.49. The lowest BCUT2D eigenvalue weighted by atomic mass is 10.1. The Labute approximate surface area is 149 Å². The molecule has 6 heteroatoms. The maximum Gasteiger partial charge on any atom is 0.119 e. The Hall–Kier alpha value is -1.21. The lowest BCUT2D eigenvalue weighted by Gasteiger charge is -2.30. The van der Waals surface area contributed by atoms with Crippen LogP contribution < -0.4 is 4.74 Å². The van der Waals surface area contributed by atoms with Gasteiger partial charge >= 0.3 is 0 Å². The molecule has 1 atom stereocenters. The molecular weight excluding hydrogens is 323 g/mol. The van der Waals surface area contributed by atoms with Crippen LogP contribution in [-0.4, -0.2) is 79.7 Å². The van der Waals surface area contributed by atoms with E-state index in [0.717, 1.165) is 38.6 Å². The fourth-order valence-electron chi connectivity index (χ4n) is 3.34. The van der Waals surface area contributed by atoms with Crippen molar-refractivity contribution in [2.75, 3.05) is 52.5 Å². The van der Waals surface area contributed by atoms with Crippen LogP contribution in [0.4, 0.5) is 4.39 Å². The lowest BCUT2D eigenvalue weighted by Crippen LogP contribution is -2.41. The van der Waals surface area contributed by atoms with Crippen LogP contribution in [0.1, 0.15) is 18.4 Å². The van der Waals surface area contributed by atoms with Crippen molar-refractivity contribution in [2.24, 2.45) is 0 Å². The lowest BCUT2D eigenvalue weighted by molar-refractivity contribution is 0.0341. The second-order valence-electron chi connectivity index (χ2n) is 6.97. The van der Waals surface area contributed by atoms with Gasteiger partial charge in [0.1, 0.15) is 24.6 Å². The summed E-state index contributed by atoms with van der Waals surface area (Å²) in [5.74, 6) is 0.771. The van der Waals surface area contributed by atoms with Crippen molar-refractivity contribution >= 4 is 0 Å². The third-order valence-corrected chi connectivity index (χ3v) is 4.86. The molecule has 25 heavy (non-hydrogen) atoms. The minimum absolute atomic E-state index is 0.262. The highest BCUT2D eigenvalue weighted by atomic mass is 19.1. The minimum Gasteiger partial charge on any atom is -0.491 e. The summed E-state index contributed by atoms with van der Waals surface area (Å²) < 4.78 is 24.2. The topological polar surface area (TPSA) is 45.2 Å². The van der Waals surface area contributed by atoms with Gasteiger partial charge in [-0.2, -0.15) is 0 Å². The molecule has 0 amide bonds. The summed E-state index contributed by atoms with van der Waals surface area (Å²) in [5, 5.41) is 10.1. The molecule has 140 valence electrons. The van der Waals surface area contributed by atoms with Crippen LogP contribution >= 0.6 is 0 Å². The normalized spacial score (nSPS) is 22.0. The molecular formula is C19H29FN2O3. The number of benzene rings is 1. The van der Waals surface area contributed by atoms with E-state index >= 15 is 0 Å². The number of β-amino-alcohol motifs (C(OH)–C–C–N with tert-alkyl or cyclic N) is 1. The summed E-state index contributed by atoms with van der Waals surface area (Å²) >= 11 is 0. The van der Waals surface area contributed by atoms with Gasteiger partial charge in [-0.25, -0.2) is 4.39 Å². The molecule has 1 unspecified atom stereocenters. The number of piperidine rings is 1. The third-order valence-electron chi connectivity index (χ3n) is 4.86. The van der Waals surface area contributed by atoms with Gasteiger partial charge in [0.25, 0.3) is 0 Å². The SMILES string of the molecule is OC(COc1ccc(CN2CCOCC2)cc1)CN1CCC(F)CC1. The summed E-state index contributed by atoms with van der Waals surface area (Å²) in [6.45, 7) is 6.73. The molecule has 2 heterocycles. The first-order valence-corrected chi connectivity index (χ1v) is 9.25. The molecule has 2 fully saturated rings. The van der Waals surface area contributed by atoms with Crippen molar-refractivity contribution in [1.29, 1.82) is 0 Å². The third kappa shape index (κ3) is 6.22. The molecule has 2 aliphatic rings. The summed E-state index contributed by atoms with van der Waals surface area (Å²) in [7, 11) is 0. The number of hydrogen-bond donors (Lipinski definition) is 1. The van der Waals surface area contributed by atoms with E-state index in [9.17, 15) is 9.50 Å². The first-order valence-electron chi connectivity index (χ1n) is 9.25. The maximum absolute atomic E-state index is 13.1. The van der Waals surface area contributed by atoms with Gasteiger partial charge in [0, 0.05) is 39.3 Å². The molecule has 1 aromatic rings. The van der Waals surface area contributed by atoms with Gasteiger partial charge in [-0.3, -0.25) is 4.90 Å². The van der Waals surface area contributed by atoms with E-state index < -0.39 is 12.3 Å². The molecule has 3 rings (SSSR count). The minimum atomic E-state index is -0.680. The standard InChI is InChI=1S/C19H29FN2O3/c20-17-5-7-21(8-6-17)14-18(23)15-25-19-3-1-16(2-4-19)13-22-9-11-24-12-10-22/h1-4,17-18,23H,5-15H2. The number of ether oxygens (including phenoxy) is 2. The monoisotopic (exact) mass is 352 g/mol. The predicted molar refractivity (Wildman–Crippen MR) is 94.6 cm³/mol. The molecule has 1 N–H and O–H groups in total. The maximum atomic E-state index is 13.1. The Morgan fingerprint density at radius 1 is 1.08 bits per heavy atom. The van der Waals surface area contributed by atoms with E-state index in [1.54, 1.807) is 0 Å². The van der Waals surface area contributed by atoms with Crippen molar-refractivity contribution in [3.05, 3.63) is 29.8 Å². The first-order chi connectivity index (χ1) is 12.2. The second-order valence-corrected chi connectivity index (χ2v) is 6.97. The number of aliphatic hydroxyl groups is 1. The fraction of sp³-hybridized carbons (Fsp3) is 0.684. The molecule has 2 aliphatic heterocycles. The number of likely N-dealkylation sites (tertiary alicyclic amines) is 1. The number of morpholine rings is 1. The van der Waals surface area contributed by atoms with E-state index in [-0.39, 0.29) is 6.61 Å². The number of alkyl halides is 1. The smallest absolute Gasteiger partial charge is 0.119 e. The van der Waals surface area contributed by atoms with Crippen LogP contribution in [0.15, 0.2) is 24.3 Å². The summed E-state index contributed by atoms with van der Waals surface area (Å²) in [6.07, 6.45) is -0.0964. The van der Waals surface area contributed by atoms with Crippen LogP contribution in [0.25, 0.3) is 0 Å². The number of aliphatic hydroxyl groups excluding tert-OH is 1. The second kappa shape index (κ2) is 9.48. The van der Waals surface area contributed by atoms with Crippen molar-refractivity contribution in [2.45, 2.75) is 31.7 Å². The molecule has 0 bridgehead atoms. The highest BCUT2D eigenvalue weighted by Crippen LogP contribution is 2.16. The van der Waals surface area contributed by atoms with E-state index in [4.69, 9.17) is 9.47 Å². The molecule has 1 aromatic carbocycles. The zero-order valence-electron chi connectivity index (χ0n) is 14.8. The van der Waals surface area contributed by atoms with Crippen LogP contribution in [-0.2, 0) is 11.3 Å². The van der Waals surface area contributed by atoms with Gasteiger partial charge in [-0.1, -0.05) is 12.1 Å². The average molecular weight is 352 g/mol. The number of rotatable bonds is 7. The van der Waals surface area contributed by atoms with Gasteiger partial charge in [-0.05, 0) is 30.5 Å². The average Bonchev–Trinajstić information content (AvgIpc) is 2.64. The zero-order chi connectivity index (χ0) is 17.5. The van der Waals surface area contributed by atoms with Crippen molar-refractivity contribution in [3.8, 4) is 5.75 Å². The first kappa shape index (κ1) is 18.6. The van der Waals surface area contributed by atoms with Gasteiger partial charge in [0.15, 0.2) is 0 Å². The van der Waals surface area contributed by atoms with Crippen LogP contribution in [0.5, 0.6) is 5.75 Å². The molecule has 0 spiro atoms. The molecule has 0 saturated carbocycles. The van der Waals surface area contributed by atoms with E-state index in [2.05, 4.69) is 21.9 Å². The molecule has 0 radical (unpaired) electrons. The quantitative estimate of drug-likeness (QED) is 0.809. The van der Waals surface area contributed by atoms with Crippen molar-refractivity contribution in [3.63, 3.8) is 0 Å². The Balaban J connectivity index is 1.37. The number of halogens is 1. The van der Waals surface area contributed by atoms with Gasteiger partial charge in [0.05, 0.1) is 13.2 Å². The van der Waals surface area contributed by atoms with Gasteiger partial charge in [-0.15, -0.1) is 0 Å². The molecule has 0 aliphatic carbocycles.